The minimum atomic E-state index is -0.0334. The predicted octanol–water partition coefficient (Wildman–Crippen LogP) is 2.30. The highest BCUT2D eigenvalue weighted by molar-refractivity contribution is 5.96. The molecule has 98 valence electrons. The minimum absolute atomic E-state index is 0.0334. The van der Waals surface area contributed by atoms with Crippen molar-refractivity contribution in [2.75, 3.05) is 12.0 Å². The quantitative estimate of drug-likeness (QED) is 0.622. The van der Waals surface area contributed by atoms with Crippen LogP contribution in [0.15, 0.2) is 18.2 Å². The number of aryl methyl sites for hydroxylation is 1. The monoisotopic (exact) mass is 247 g/mol. The van der Waals surface area contributed by atoms with E-state index in [0.29, 0.717) is 0 Å². The zero-order valence-corrected chi connectivity index (χ0v) is 11.3. The average Bonchev–Trinajstić information content (AvgIpc) is 2.68. The third kappa shape index (κ3) is 2.20. The Balaban J connectivity index is 2.29. The van der Waals surface area contributed by atoms with E-state index in [1.54, 1.807) is 0 Å². The van der Waals surface area contributed by atoms with E-state index in [-0.39, 0.29) is 11.4 Å². The highest BCUT2D eigenvalue weighted by Gasteiger charge is 2.36. The van der Waals surface area contributed by atoms with Gasteiger partial charge in [0.25, 0.3) is 5.91 Å². The van der Waals surface area contributed by atoms with Crippen LogP contribution in [0.4, 0.5) is 5.69 Å². The van der Waals surface area contributed by atoms with E-state index in [9.17, 15) is 4.79 Å². The zero-order chi connectivity index (χ0) is 13.3. The molecule has 0 spiro atoms. The van der Waals surface area contributed by atoms with Gasteiger partial charge in [0, 0.05) is 23.3 Å². The molecule has 0 bridgehead atoms. The predicted molar refractivity (Wildman–Crippen MR) is 73.3 cm³/mol. The summed E-state index contributed by atoms with van der Waals surface area (Å²) in [4.78, 5) is 14.5. The van der Waals surface area contributed by atoms with E-state index in [4.69, 9.17) is 5.84 Å². The number of nitrogens with one attached hydrogen (secondary N) is 1. The minimum Gasteiger partial charge on any atom is -0.334 e. The summed E-state index contributed by atoms with van der Waals surface area (Å²) >= 11 is 0. The van der Waals surface area contributed by atoms with Crippen molar-refractivity contribution in [1.29, 1.82) is 0 Å². The first kappa shape index (κ1) is 12.9. The number of hydrazine groups is 1. The Morgan fingerprint density at radius 1 is 1.44 bits per heavy atom. The maximum absolute atomic E-state index is 12.6. The number of hydrogen-bond acceptors (Lipinski definition) is 3. The highest BCUT2D eigenvalue weighted by atomic mass is 16.2. The largest absolute Gasteiger partial charge is 0.334 e. The third-order valence-electron chi connectivity index (χ3n) is 3.77. The molecule has 1 aromatic carbocycles. The van der Waals surface area contributed by atoms with Gasteiger partial charge in [-0.1, -0.05) is 0 Å². The maximum atomic E-state index is 12.6. The highest BCUT2D eigenvalue weighted by Crippen LogP contribution is 2.30. The van der Waals surface area contributed by atoms with E-state index < -0.39 is 0 Å². The van der Waals surface area contributed by atoms with Crippen LogP contribution in [0.1, 0.15) is 42.6 Å². The smallest absolute Gasteiger partial charge is 0.254 e. The van der Waals surface area contributed by atoms with Crippen LogP contribution in [0.5, 0.6) is 0 Å². The number of hydrogen-bond donors (Lipinski definition) is 2. The van der Waals surface area contributed by atoms with Crippen molar-refractivity contribution in [3.8, 4) is 0 Å². The lowest BCUT2D eigenvalue weighted by Gasteiger charge is -2.32. The molecule has 4 nitrogen and oxygen atoms in total. The Hall–Kier alpha value is -1.55. The van der Waals surface area contributed by atoms with E-state index in [1.807, 2.05) is 30.0 Å². The van der Waals surface area contributed by atoms with Crippen LogP contribution in [0.25, 0.3) is 0 Å². The second-order valence-corrected chi connectivity index (χ2v) is 5.55. The fourth-order valence-corrected chi connectivity index (χ4v) is 2.62. The summed E-state index contributed by atoms with van der Waals surface area (Å²) in [6.07, 6.45) is 2.15. The molecule has 1 fully saturated rings. The molecule has 1 aliphatic rings. The zero-order valence-electron chi connectivity index (χ0n) is 11.3. The number of anilines is 1. The van der Waals surface area contributed by atoms with E-state index >= 15 is 0 Å². The molecule has 1 saturated heterocycles. The molecule has 4 heteroatoms. The molecule has 0 saturated carbocycles. The summed E-state index contributed by atoms with van der Waals surface area (Å²) in [6, 6.07) is 5.58. The van der Waals surface area contributed by atoms with Crippen molar-refractivity contribution in [2.45, 2.75) is 39.2 Å². The number of carbonyl (C=O) groups excluding carboxylic acids is 1. The van der Waals surface area contributed by atoms with Crippen molar-refractivity contribution < 1.29 is 4.79 Å². The number of carbonyl (C=O) groups is 1. The lowest BCUT2D eigenvalue weighted by atomic mass is 10.00. The SMILES string of the molecule is Cc1cc(NN)ccc1C(=O)N1CCCC1(C)C. The number of benzene rings is 1. The van der Waals surface area contributed by atoms with Gasteiger partial charge in [-0.25, -0.2) is 0 Å². The van der Waals surface area contributed by atoms with Gasteiger partial charge in [-0.3, -0.25) is 10.6 Å². The van der Waals surface area contributed by atoms with Crippen LogP contribution < -0.4 is 11.3 Å². The average molecular weight is 247 g/mol. The molecule has 1 aliphatic heterocycles. The van der Waals surface area contributed by atoms with E-state index in [2.05, 4.69) is 19.3 Å². The molecule has 2 rings (SSSR count). The summed E-state index contributed by atoms with van der Waals surface area (Å²) < 4.78 is 0. The molecule has 18 heavy (non-hydrogen) atoms. The van der Waals surface area contributed by atoms with Crippen molar-refractivity contribution in [3.05, 3.63) is 29.3 Å². The Labute approximate surface area is 108 Å². The molecule has 0 unspecified atom stereocenters. The van der Waals surface area contributed by atoms with Gasteiger partial charge >= 0.3 is 0 Å². The number of nitrogens with two attached hydrogens (primary N) is 1. The van der Waals surface area contributed by atoms with E-state index in [1.165, 1.54) is 0 Å². The second kappa shape index (κ2) is 4.61. The van der Waals surface area contributed by atoms with Crippen molar-refractivity contribution >= 4 is 11.6 Å². The summed E-state index contributed by atoms with van der Waals surface area (Å²) in [5.41, 5.74) is 5.11. The Morgan fingerprint density at radius 2 is 2.17 bits per heavy atom. The first-order chi connectivity index (χ1) is 8.45. The first-order valence-corrected chi connectivity index (χ1v) is 6.35. The molecule has 1 heterocycles. The third-order valence-corrected chi connectivity index (χ3v) is 3.77. The number of nitrogens with zero attached hydrogens (tertiary/aromatic N) is 1. The van der Waals surface area contributed by atoms with Gasteiger partial charge in [-0.05, 0) is 57.4 Å². The molecule has 1 amide bonds. The Bertz CT molecular complexity index is 468. The van der Waals surface area contributed by atoms with Gasteiger partial charge in [0.05, 0.1) is 0 Å². The Morgan fingerprint density at radius 3 is 2.67 bits per heavy atom. The number of nitrogen functional groups attached to an aromatic ring is 1. The van der Waals surface area contributed by atoms with Crippen LogP contribution in [0, 0.1) is 6.92 Å². The van der Waals surface area contributed by atoms with Gasteiger partial charge in [0.15, 0.2) is 0 Å². The van der Waals surface area contributed by atoms with Crippen LogP contribution >= 0.6 is 0 Å². The summed E-state index contributed by atoms with van der Waals surface area (Å²) in [5, 5.41) is 0. The van der Waals surface area contributed by atoms with Gasteiger partial charge in [0.2, 0.25) is 0 Å². The van der Waals surface area contributed by atoms with Crippen LogP contribution in [0.2, 0.25) is 0 Å². The van der Waals surface area contributed by atoms with Crippen molar-refractivity contribution in [1.82, 2.24) is 4.90 Å². The standard InChI is InChI=1S/C14H21N3O/c1-10-9-11(16-15)5-6-12(10)13(18)17-8-4-7-14(17,2)3/h5-6,9,16H,4,7-8,15H2,1-3H3. The fraction of sp³-hybridized carbons (Fsp3) is 0.500. The van der Waals surface area contributed by atoms with Gasteiger partial charge in [0.1, 0.15) is 0 Å². The topological polar surface area (TPSA) is 58.4 Å². The number of amides is 1. The van der Waals surface area contributed by atoms with Crippen molar-refractivity contribution in [2.24, 2.45) is 5.84 Å². The normalized spacial score (nSPS) is 17.9. The molecule has 0 aromatic heterocycles. The van der Waals surface area contributed by atoms with Crippen LogP contribution in [-0.2, 0) is 0 Å². The second-order valence-electron chi connectivity index (χ2n) is 5.55. The van der Waals surface area contributed by atoms with Gasteiger partial charge < -0.3 is 10.3 Å². The lowest BCUT2D eigenvalue weighted by molar-refractivity contribution is 0.0651. The molecular formula is C14H21N3O. The molecule has 3 N–H and O–H groups in total. The van der Waals surface area contributed by atoms with Crippen LogP contribution in [0.3, 0.4) is 0 Å². The number of likely N-dealkylation sites (tertiary alicyclic amines) is 1. The van der Waals surface area contributed by atoms with Gasteiger partial charge in [-0.15, -0.1) is 0 Å². The fourth-order valence-electron chi connectivity index (χ4n) is 2.62. The molecular weight excluding hydrogens is 226 g/mol. The van der Waals surface area contributed by atoms with Crippen LogP contribution in [-0.4, -0.2) is 22.9 Å². The Kier molecular flexibility index (Phi) is 3.30. The summed E-state index contributed by atoms with van der Waals surface area (Å²) in [5.74, 6) is 5.49. The van der Waals surface area contributed by atoms with Crippen molar-refractivity contribution in [3.63, 3.8) is 0 Å². The molecule has 0 aliphatic carbocycles. The van der Waals surface area contributed by atoms with Gasteiger partial charge in [-0.2, -0.15) is 0 Å². The maximum Gasteiger partial charge on any atom is 0.254 e. The summed E-state index contributed by atoms with van der Waals surface area (Å²) in [7, 11) is 0. The number of rotatable bonds is 2. The summed E-state index contributed by atoms with van der Waals surface area (Å²) in [6.45, 7) is 7.05. The van der Waals surface area contributed by atoms with E-state index in [0.717, 1.165) is 36.2 Å². The first-order valence-electron chi connectivity index (χ1n) is 6.35. The molecule has 0 radical (unpaired) electrons. The molecule has 0 atom stereocenters. The molecule has 1 aromatic rings. The lowest BCUT2D eigenvalue weighted by Crippen LogP contribution is -2.42.